The fourth-order valence-corrected chi connectivity index (χ4v) is 6.84. The van der Waals surface area contributed by atoms with Gasteiger partial charge in [-0.2, -0.15) is 5.26 Å². The van der Waals surface area contributed by atoms with Crippen molar-refractivity contribution < 1.29 is 4.79 Å². The molecule has 4 rings (SSSR count). The van der Waals surface area contributed by atoms with Crippen molar-refractivity contribution in [2.45, 2.75) is 53.6 Å². The van der Waals surface area contributed by atoms with Crippen molar-refractivity contribution in [1.29, 1.82) is 5.26 Å². The standard InChI is InChI=1S/C28H32N4O2S2/c1-6-31-25(30-15-17(2)12-18(3)16-30)22(19(4)23(14-29)26(31)33)13-24-27(34)32(28(35)36-24)20(5)21-10-8-7-9-11-21/h7-11,13,17-18,20H,6,12,15-16H2,1-5H3/b24-13+. The number of hydrogen-bond acceptors (Lipinski definition) is 6. The summed E-state index contributed by atoms with van der Waals surface area (Å²) in [6.07, 6.45) is 2.98. The van der Waals surface area contributed by atoms with Crippen LogP contribution in [0.15, 0.2) is 40.0 Å². The van der Waals surface area contributed by atoms with Crippen molar-refractivity contribution in [1.82, 2.24) is 9.47 Å². The Morgan fingerprint density at radius 3 is 2.42 bits per heavy atom. The first kappa shape index (κ1) is 26.2. The third kappa shape index (κ3) is 4.74. The minimum Gasteiger partial charge on any atom is -0.357 e. The average molecular weight is 521 g/mol. The van der Waals surface area contributed by atoms with Gasteiger partial charge in [-0.3, -0.25) is 19.1 Å². The molecule has 188 valence electrons. The first-order chi connectivity index (χ1) is 17.2. The Kier molecular flexibility index (Phi) is 7.72. The summed E-state index contributed by atoms with van der Waals surface area (Å²) in [7, 11) is 0. The molecule has 0 radical (unpaired) electrons. The molecule has 36 heavy (non-hydrogen) atoms. The summed E-state index contributed by atoms with van der Waals surface area (Å²) in [4.78, 5) is 31.3. The smallest absolute Gasteiger partial charge is 0.270 e. The second kappa shape index (κ2) is 10.6. The van der Waals surface area contributed by atoms with Gasteiger partial charge in [0.2, 0.25) is 0 Å². The van der Waals surface area contributed by atoms with Gasteiger partial charge >= 0.3 is 0 Å². The molecule has 8 heteroatoms. The van der Waals surface area contributed by atoms with Crippen molar-refractivity contribution in [3.63, 3.8) is 0 Å². The molecular weight excluding hydrogens is 488 g/mol. The third-order valence-electron chi connectivity index (χ3n) is 7.10. The van der Waals surface area contributed by atoms with Crippen LogP contribution in [-0.2, 0) is 11.3 Å². The van der Waals surface area contributed by atoms with Crippen molar-refractivity contribution in [2.24, 2.45) is 11.8 Å². The molecule has 0 aliphatic carbocycles. The van der Waals surface area contributed by atoms with Crippen LogP contribution in [-0.4, -0.2) is 32.8 Å². The molecule has 0 spiro atoms. The second-order valence-corrected chi connectivity index (χ2v) is 11.6. The lowest BCUT2D eigenvalue weighted by Crippen LogP contribution is -2.42. The van der Waals surface area contributed by atoms with E-state index in [1.54, 1.807) is 16.4 Å². The number of aromatic nitrogens is 1. The average Bonchev–Trinajstić information content (AvgIpc) is 3.12. The lowest BCUT2D eigenvalue weighted by molar-refractivity contribution is -0.123. The molecule has 1 aromatic carbocycles. The first-order valence-electron chi connectivity index (χ1n) is 12.4. The molecule has 6 nitrogen and oxygen atoms in total. The zero-order chi connectivity index (χ0) is 26.1. The molecule has 2 aliphatic heterocycles. The van der Waals surface area contributed by atoms with E-state index in [9.17, 15) is 14.9 Å². The minimum absolute atomic E-state index is 0.123. The van der Waals surface area contributed by atoms with E-state index in [4.69, 9.17) is 12.2 Å². The van der Waals surface area contributed by atoms with Gasteiger partial charge in [0, 0.05) is 25.2 Å². The van der Waals surface area contributed by atoms with Crippen LogP contribution in [0.25, 0.3) is 6.08 Å². The Morgan fingerprint density at radius 1 is 1.19 bits per heavy atom. The lowest BCUT2D eigenvalue weighted by Gasteiger charge is -2.38. The number of pyridine rings is 1. The Labute approximate surface area is 222 Å². The van der Waals surface area contributed by atoms with E-state index in [-0.39, 0.29) is 23.1 Å². The van der Waals surface area contributed by atoms with Gasteiger partial charge < -0.3 is 4.90 Å². The highest BCUT2D eigenvalue weighted by Crippen LogP contribution is 2.40. The fraction of sp³-hybridized carbons (Fsp3) is 0.429. The zero-order valence-electron chi connectivity index (χ0n) is 21.4. The highest BCUT2D eigenvalue weighted by Gasteiger charge is 2.37. The molecule has 3 atom stereocenters. The molecule has 3 heterocycles. The molecule has 1 aromatic heterocycles. The summed E-state index contributed by atoms with van der Waals surface area (Å²) in [5.74, 6) is 1.59. The van der Waals surface area contributed by atoms with Crippen LogP contribution in [0.2, 0.25) is 0 Å². The van der Waals surface area contributed by atoms with Crippen molar-refractivity contribution in [3.05, 3.63) is 67.8 Å². The maximum absolute atomic E-state index is 13.6. The van der Waals surface area contributed by atoms with Gasteiger partial charge in [0.05, 0.1) is 10.9 Å². The third-order valence-corrected chi connectivity index (χ3v) is 8.43. The molecular formula is C28H32N4O2S2. The minimum atomic E-state index is -0.277. The van der Waals surface area contributed by atoms with Gasteiger partial charge in [0.15, 0.2) is 0 Å². The maximum atomic E-state index is 13.6. The molecule has 1 amide bonds. The Bertz CT molecular complexity index is 1320. The Balaban J connectivity index is 1.85. The number of carbonyl (C=O) groups excluding carboxylic acids is 1. The topological polar surface area (TPSA) is 69.3 Å². The highest BCUT2D eigenvalue weighted by molar-refractivity contribution is 8.26. The molecule has 2 aliphatic rings. The fourth-order valence-electron chi connectivity index (χ4n) is 5.44. The highest BCUT2D eigenvalue weighted by atomic mass is 32.2. The number of thioether (sulfide) groups is 1. The molecule has 0 N–H and O–H groups in total. The molecule has 2 aromatic rings. The van der Waals surface area contributed by atoms with E-state index in [0.29, 0.717) is 33.2 Å². The van der Waals surface area contributed by atoms with E-state index >= 15 is 0 Å². The molecule has 2 fully saturated rings. The lowest BCUT2D eigenvalue weighted by atomic mass is 9.91. The van der Waals surface area contributed by atoms with Crippen LogP contribution in [0, 0.1) is 30.1 Å². The van der Waals surface area contributed by atoms with E-state index < -0.39 is 0 Å². The van der Waals surface area contributed by atoms with E-state index in [0.717, 1.165) is 36.5 Å². The monoisotopic (exact) mass is 520 g/mol. The second-order valence-electron chi connectivity index (χ2n) is 9.89. The normalized spacial score (nSPS) is 22.3. The number of nitrogens with zero attached hydrogens (tertiary/aromatic N) is 4. The van der Waals surface area contributed by atoms with Gasteiger partial charge in [0.1, 0.15) is 21.8 Å². The van der Waals surface area contributed by atoms with Gasteiger partial charge in [-0.15, -0.1) is 0 Å². The van der Waals surface area contributed by atoms with Crippen LogP contribution < -0.4 is 10.5 Å². The van der Waals surface area contributed by atoms with Crippen molar-refractivity contribution in [2.75, 3.05) is 18.0 Å². The summed E-state index contributed by atoms with van der Waals surface area (Å²) in [6, 6.07) is 11.7. The molecule has 2 saturated heterocycles. The number of hydrogen-bond donors (Lipinski definition) is 0. The number of carbonyl (C=O) groups is 1. The number of anilines is 1. The predicted octanol–water partition coefficient (Wildman–Crippen LogP) is 5.49. The summed E-state index contributed by atoms with van der Waals surface area (Å²) >= 11 is 6.91. The van der Waals surface area contributed by atoms with Crippen molar-refractivity contribution >= 4 is 46.1 Å². The zero-order valence-corrected chi connectivity index (χ0v) is 23.1. The van der Waals surface area contributed by atoms with E-state index in [2.05, 4.69) is 24.8 Å². The molecule has 0 saturated carbocycles. The van der Waals surface area contributed by atoms with Crippen LogP contribution in [0.4, 0.5) is 5.82 Å². The maximum Gasteiger partial charge on any atom is 0.270 e. The van der Waals surface area contributed by atoms with Crippen LogP contribution >= 0.6 is 24.0 Å². The number of benzene rings is 1. The number of thiocarbonyl (C=S) groups is 1. The van der Waals surface area contributed by atoms with Crippen LogP contribution in [0.1, 0.15) is 62.4 Å². The number of amides is 1. The quantitative estimate of drug-likeness (QED) is 0.383. The van der Waals surface area contributed by atoms with Gasteiger partial charge in [-0.05, 0) is 56.2 Å². The van der Waals surface area contributed by atoms with Crippen LogP contribution in [0.5, 0.6) is 0 Å². The number of nitriles is 1. The summed E-state index contributed by atoms with van der Waals surface area (Å²) in [5, 5.41) is 9.83. The largest absolute Gasteiger partial charge is 0.357 e. The number of piperidine rings is 1. The van der Waals surface area contributed by atoms with E-state index in [1.807, 2.05) is 50.3 Å². The van der Waals surface area contributed by atoms with Gasteiger partial charge in [-0.25, -0.2) is 0 Å². The van der Waals surface area contributed by atoms with Gasteiger partial charge in [-0.1, -0.05) is 68.2 Å². The van der Waals surface area contributed by atoms with Crippen molar-refractivity contribution in [3.8, 4) is 6.07 Å². The Morgan fingerprint density at radius 2 is 1.83 bits per heavy atom. The summed E-state index contributed by atoms with van der Waals surface area (Å²) in [6.45, 7) is 12.2. The molecule has 3 unspecified atom stereocenters. The first-order valence-corrected chi connectivity index (χ1v) is 13.6. The SMILES string of the molecule is CCn1c(N2CC(C)CC(C)C2)c(/C=C2/SC(=S)N(C(C)c3ccccc3)C2=O)c(C)c(C#N)c1=O. The Hall–Kier alpha value is -2.89. The summed E-state index contributed by atoms with van der Waals surface area (Å²) < 4.78 is 2.20. The molecule has 0 bridgehead atoms. The predicted molar refractivity (Wildman–Crippen MR) is 151 cm³/mol. The van der Waals surface area contributed by atoms with E-state index in [1.165, 1.54) is 11.8 Å². The number of rotatable bonds is 5. The summed E-state index contributed by atoms with van der Waals surface area (Å²) in [5.41, 5.74) is 2.21. The van der Waals surface area contributed by atoms with Crippen LogP contribution in [0.3, 0.4) is 0 Å². The van der Waals surface area contributed by atoms with Gasteiger partial charge in [0.25, 0.3) is 11.5 Å².